The summed E-state index contributed by atoms with van der Waals surface area (Å²) in [4.78, 5) is 7.79. The number of hydrogen-bond acceptors (Lipinski definition) is 7. The molecule has 0 saturated carbocycles. The Hall–Kier alpha value is -1.44. The van der Waals surface area contributed by atoms with Crippen LogP contribution in [0.15, 0.2) is 12.4 Å². The number of hydrogen-bond donors (Lipinski definition) is 1. The van der Waals surface area contributed by atoms with Crippen molar-refractivity contribution >= 4 is 5.69 Å². The van der Waals surface area contributed by atoms with E-state index in [0.29, 0.717) is 51.3 Å². The zero-order valence-corrected chi connectivity index (χ0v) is 10.5. The van der Waals surface area contributed by atoms with E-state index in [1.165, 1.54) is 12.4 Å². The fourth-order valence-corrected chi connectivity index (χ4v) is 1.06. The normalized spacial score (nSPS) is 10.5. The third kappa shape index (κ3) is 7.00. The van der Waals surface area contributed by atoms with Crippen LogP contribution in [-0.2, 0) is 14.2 Å². The first-order valence-corrected chi connectivity index (χ1v) is 5.67. The van der Waals surface area contributed by atoms with Crippen molar-refractivity contribution < 1.29 is 18.9 Å². The molecule has 0 unspecified atom stereocenters. The monoisotopic (exact) mass is 257 g/mol. The third-order valence-corrected chi connectivity index (χ3v) is 1.91. The summed E-state index contributed by atoms with van der Waals surface area (Å²) in [6.07, 6.45) is 2.99. The molecule has 7 nitrogen and oxygen atoms in total. The molecule has 0 aliphatic carbocycles. The summed E-state index contributed by atoms with van der Waals surface area (Å²) in [5.74, 6) is 0. The Kier molecular flexibility index (Phi) is 7.78. The van der Waals surface area contributed by atoms with Gasteiger partial charge in [0.1, 0.15) is 6.61 Å². The summed E-state index contributed by atoms with van der Waals surface area (Å²) >= 11 is 0. The summed E-state index contributed by atoms with van der Waals surface area (Å²) in [6.45, 7) is 3.09. The summed E-state index contributed by atoms with van der Waals surface area (Å²) in [5.41, 5.74) is 5.95. The molecule has 1 heterocycles. The van der Waals surface area contributed by atoms with Crippen molar-refractivity contribution in [3.05, 3.63) is 12.4 Å². The van der Waals surface area contributed by atoms with Gasteiger partial charge < -0.3 is 24.7 Å². The lowest BCUT2D eigenvalue weighted by Crippen LogP contribution is -2.13. The minimum absolute atomic E-state index is 0.296. The van der Waals surface area contributed by atoms with Gasteiger partial charge in [0.25, 0.3) is 0 Å². The Morgan fingerprint density at radius 2 is 1.50 bits per heavy atom. The summed E-state index contributed by atoms with van der Waals surface area (Å²) < 4.78 is 20.6. The Labute approximate surface area is 106 Å². The molecule has 1 rings (SSSR count). The first-order valence-electron chi connectivity index (χ1n) is 5.67. The molecule has 0 aliphatic rings. The maximum atomic E-state index is 5.44. The Morgan fingerprint density at radius 3 is 2.11 bits per heavy atom. The number of aromatic nitrogens is 2. The molecular weight excluding hydrogens is 238 g/mol. The molecule has 18 heavy (non-hydrogen) atoms. The van der Waals surface area contributed by atoms with Gasteiger partial charge in [0, 0.05) is 7.11 Å². The molecule has 0 aliphatic heterocycles. The standard InChI is InChI=1S/C11H19N3O4/c1-15-2-3-16-4-5-17-6-7-18-11-13-8-10(12)9-14-11/h8-9H,2-7,12H2,1H3. The number of nitrogens with two attached hydrogens (primary N) is 1. The second-order valence-corrected chi connectivity index (χ2v) is 3.36. The van der Waals surface area contributed by atoms with Gasteiger partial charge in [-0.1, -0.05) is 0 Å². The Balaban J connectivity index is 1.91. The van der Waals surface area contributed by atoms with Crippen LogP contribution in [0, 0.1) is 0 Å². The fourth-order valence-electron chi connectivity index (χ4n) is 1.06. The van der Waals surface area contributed by atoms with Crippen molar-refractivity contribution in [3.63, 3.8) is 0 Å². The number of methoxy groups -OCH3 is 1. The molecule has 0 radical (unpaired) electrons. The average molecular weight is 257 g/mol. The van der Waals surface area contributed by atoms with Crippen molar-refractivity contribution in [2.75, 3.05) is 52.5 Å². The van der Waals surface area contributed by atoms with Crippen LogP contribution in [0.5, 0.6) is 6.01 Å². The van der Waals surface area contributed by atoms with E-state index >= 15 is 0 Å². The molecule has 0 atom stereocenters. The van der Waals surface area contributed by atoms with Crippen LogP contribution >= 0.6 is 0 Å². The molecular formula is C11H19N3O4. The van der Waals surface area contributed by atoms with E-state index in [-0.39, 0.29) is 0 Å². The van der Waals surface area contributed by atoms with Gasteiger partial charge >= 0.3 is 6.01 Å². The molecule has 0 spiro atoms. The maximum absolute atomic E-state index is 5.44. The van der Waals surface area contributed by atoms with E-state index in [1.807, 2.05) is 0 Å². The zero-order chi connectivity index (χ0) is 13.1. The second-order valence-electron chi connectivity index (χ2n) is 3.36. The number of rotatable bonds is 10. The smallest absolute Gasteiger partial charge is 0.316 e. The van der Waals surface area contributed by atoms with E-state index in [2.05, 4.69) is 9.97 Å². The topological polar surface area (TPSA) is 88.7 Å². The SMILES string of the molecule is COCCOCCOCCOc1ncc(N)cn1. The first kappa shape index (κ1) is 14.6. The largest absolute Gasteiger partial charge is 0.461 e. The number of ether oxygens (including phenoxy) is 4. The van der Waals surface area contributed by atoms with Crippen LogP contribution in [0.25, 0.3) is 0 Å². The lowest BCUT2D eigenvalue weighted by atomic mass is 10.6. The lowest BCUT2D eigenvalue weighted by Gasteiger charge is -2.06. The molecule has 1 aromatic heterocycles. The highest BCUT2D eigenvalue weighted by molar-refractivity contribution is 5.30. The van der Waals surface area contributed by atoms with Gasteiger partial charge in [-0.2, -0.15) is 0 Å². The van der Waals surface area contributed by atoms with E-state index < -0.39 is 0 Å². The Bertz CT molecular complexity index is 308. The fraction of sp³-hybridized carbons (Fsp3) is 0.636. The predicted octanol–water partition coefficient (Wildman–Crippen LogP) is 0.117. The highest BCUT2D eigenvalue weighted by Crippen LogP contribution is 2.02. The van der Waals surface area contributed by atoms with Crippen molar-refractivity contribution in [1.82, 2.24) is 9.97 Å². The van der Waals surface area contributed by atoms with Crippen molar-refractivity contribution in [2.24, 2.45) is 0 Å². The van der Waals surface area contributed by atoms with Crippen LogP contribution in [-0.4, -0.2) is 56.7 Å². The molecule has 0 amide bonds. The second kappa shape index (κ2) is 9.58. The van der Waals surface area contributed by atoms with Crippen molar-refractivity contribution in [1.29, 1.82) is 0 Å². The molecule has 0 aromatic carbocycles. The predicted molar refractivity (Wildman–Crippen MR) is 65.5 cm³/mol. The Morgan fingerprint density at radius 1 is 0.944 bits per heavy atom. The number of anilines is 1. The molecule has 2 N–H and O–H groups in total. The van der Waals surface area contributed by atoms with E-state index in [9.17, 15) is 0 Å². The van der Waals surface area contributed by atoms with Gasteiger partial charge in [-0.3, -0.25) is 0 Å². The summed E-state index contributed by atoms with van der Waals surface area (Å²) in [7, 11) is 1.64. The summed E-state index contributed by atoms with van der Waals surface area (Å²) in [6, 6.07) is 0.296. The van der Waals surface area contributed by atoms with E-state index in [1.54, 1.807) is 7.11 Å². The van der Waals surface area contributed by atoms with Gasteiger partial charge in [-0.05, 0) is 0 Å². The van der Waals surface area contributed by atoms with Gasteiger partial charge in [-0.15, -0.1) is 0 Å². The lowest BCUT2D eigenvalue weighted by molar-refractivity contribution is 0.0173. The van der Waals surface area contributed by atoms with Crippen LogP contribution in [0.3, 0.4) is 0 Å². The van der Waals surface area contributed by atoms with Crippen molar-refractivity contribution in [2.45, 2.75) is 0 Å². The average Bonchev–Trinajstić information content (AvgIpc) is 2.39. The minimum Gasteiger partial charge on any atom is -0.461 e. The minimum atomic E-state index is 0.296. The maximum Gasteiger partial charge on any atom is 0.316 e. The van der Waals surface area contributed by atoms with Gasteiger partial charge in [-0.25, -0.2) is 9.97 Å². The molecule has 0 saturated heterocycles. The molecule has 0 bridgehead atoms. The van der Waals surface area contributed by atoms with Crippen LogP contribution in [0.4, 0.5) is 5.69 Å². The highest BCUT2D eigenvalue weighted by Gasteiger charge is 1.96. The van der Waals surface area contributed by atoms with Gasteiger partial charge in [0.15, 0.2) is 0 Å². The highest BCUT2D eigenvalue weighted by atomic mass is 16.6. The van der Waals surface area contributed by atoms with Gasteiger partial charge in [0.2, 0.25) is 0 Å². The third-order valence-electron chi connectivity index (χ3n) is 1.91. The zero-order valence-electron chi connectivity index (χ0n) is 10.5. The van der Waals surface area contributed by atoms with E-state index in [0.717, 1.165) is 0 Å². The quantitative estimate of drug-likeness (QED) is 0.595. The molecule has 0 fully saturated rings. The first-order chi connectivity index (χ1) is 8.83. The van der Waals surface area contributed by atoms with E-state index in [4.69, 9.17) is 24.7 Å². The van der Waals surface area contributed by atoms with Crippen LogP contribution < -0.4 is 10.5 Å². The number of nitrogens with zero attached hydrogens (tertiary/aromatic N) is 2. The molecule has 1 aromatic rings. The van der Waals surface area contributed by atoms with Crippen LogP contribution in [0.1, 0.15) is 0 Å². The molecule has 102 valence electrons. The van der Waals surface area contributed by atoms with Crippen molar-refractivity contribution in [3.8, 4) is 6.01 Å². The van der Waals surface area contributed by atoms with Crippen LogP contribution in [0.2, 0.25) is 0 Å². The van der Waals surface area contributed by atoms with Gasteiger partial charge in [0.05, 0.1) is 51.1 Å². The number of nitrogen functional groups attached to an aromatic ring is 1. The molecule has 7 heteroatoms. The summed E-state index contributed by atoms with van der Waals surface area (Å²) in [5, 5.41) is 0.